The summed E-state index contributed by atoms with van der Waals surface area (Å²) in [7, 11) is 0. The molecule has 1 N–H and O–H groups in total. The van der Waals surface area contributed by atoms with E-state index >= 15 is 0 Å². The molecule has 1 saturated heterocycles. The molecule has 2 rings (SSSR count). The molecule has 1 aromatic rings. The standard InChI is InChI=1S/C14H17NO4/c16-13-7-4-8-15(14(17)18)12(13)10-19-9-11-5-2-1-3-6-11/h1-3,5-6,12H,4,7-10H2,(H,17,18)/t12-/m1/s1. The summed E-state index contributed by atoms with van der Waals surface area (Å²) in [5.74, 6) is -0.0540. The van der Waals surface area contributed by atoms with E-state index in [-0.39, 0.29) is 12.4 Å². The second-order valence-corrected chi connectivity index (χ2v) is 4.56. The van der Waals surface area contributed by atoms with Crippen molar-refractivity contribution in [2.45, 2.75) is 25.5 Å². The maximum atomic E-state index is 11.8. The van der Waals surface area contributed by atoms with Crippen molar-refractivity contribution in [3.63, 3.8) is 0 Å². The number of hydrogen-bond acceptors (Lipinski definition) is 3. The summed E-state index contributed by atoms with van der Waals surface area (Å²) in [5, 5.41) is 9.06. The molecule has 1 aliphatic heterocycles. The summed E-state index contributed by atoms with van der Waals surface area (Å²) in [6, 6.07) is 8.94. The number of benzene rings is 1. The molecule has 0 aliphatic carbocycles. The number of carboxylic acid groups (broad SMARTS) is 1. The molecule has 1 atom stereocenters. The number of hydrogen-bond donors (Lipinski definition) is 1. The molecule has 0 radical (unpaired) electrons. The van der Waals surface area contributed by atoms with Gasteiger partial charge >= 0.3 is 6.09 Å². The third-order valence-corrected chi connectivity index (χ3v) is 3.20. The zero-order valence-corrected chi connectivity index (χ0v) is 10.6. The molecule has 1 aliphatic rings. The van der Waals surface area contributed by atoms with E-state index in [1.54, 1.807) is 0 Å². The van der Waals surface area contributed by atoms with Gasteiger partial charge in [-0.3, -0.25) is 9.69 Å². The molecule has 1 fully saturated rings. The van der Waals surface area contributed by atoms with E-state index in [2.05, 4.69) is 0 Å². The van der Waals surface area contributed by atoms with E-state index in [4.69, 9.17) is 9.84 Å². The SMILES string of the molecule is O=C1CCCN(C(=O)O)[C@@H]1COCc1ccccc1. The maximum Gasteiger partial charge on any atom is 0.407 e. The maximum absolute atomic E-state index is 11.8. The number of amides is 1. The normalized spacial score (nSPS) is 19.5. The summed E-state index contributed by atoms with van der Waals surface area (Å²) in [4.78, 5) is 24.0. The highest BCUT2D eigenvalue weighted by atomic mass is 16.5. The van der Waals surface area contributed by atoms with E-state index in [0.29, 0.717) is 26.0 Å². The minimum absolute atomic E-state index is 0.0540. The van der Waals surface area contributed by atoms with Gasteiger partial charge in [0.15, 0.2) is 5.78 Å². The Morgan fingerprint density at radius 1 is 1.37 bits per heavy atom. The van der Waals surface area contributed by atoms with Gasteiger partial charge in [0.1, 0.15) is 6.04 Å². The van der Waals surface area contributed by atoms with Gasteiger partial charge in [0.25, 0.3) is 0 Å². The molecule has 5 nitrogen and oxygen atoms in total. The van der Waals surface area contributed by atoms with Gasteiger partial charge in [-0.15, -0.1) is 0 Å². The van der Waals surface area contributed by atoms with Crippen LogP contribution in [0.5, 0.6) is 0 Å². The third-order valence-electron chi connectivity index (χ3n) is 3.20. The fourth-order valence-corrected chi connectivity index (χ4v) is 2.19. The lowest BCUT2D eigenvalue weighted by molar-refractivity contribution is -0.128. The summed E-state index contributed by atoms with van der Waals surface area (Å²) in [5.41, 5.74) is 1.01. The van der Waals surface area contributed by atoms with E-state index in [0.717, 1.165) is 5.56 Å². The third kappa shape index (κ3) is 3.54. The highest BCUT2D eigenvalue weighted by molar-refractivity contribution is 5.88. The number of Topliss-reactive ketones (excluding diaryl/α,β-unsaturated/α-hetero) is 1. The quantitative estimate of drug-likeness (QED) is 0.901. The Hall–Kier alpha value is -1.88. The lowest BCUT2D eigenvalue weighted by atomic mass is 10.0. The lowest BCUT2D eigenvalue weighted by Gasteiger charge is -2.31. The molecule has 1 amide bonds. The highest BCUT2D eigenvalue weighted by Crippen LogP contribution is 2.15. The van der Waals surface area contributed by atoms with Crippen molar-refractivity contribution in [1.82, 2.24) is 4.90 Å². The van der Waals surface area contributed by atoms with Gasteiger partial charge in [-0.25, -0.2) is 4.79 Å². The fourth-order valence-electron chi connectivity index (χ4n) is 2.19. The van der Waals surface area contributed by atoms with E-state index in [9.17, 15) is 9.59 Å². The monoisotopic (exact) mass is 263 g/mol. The predicted octanol–water partition coefficient (Wildman–Crippen LogP) is 1.91. The van der Waals surface area contributed by atoms with Gasteiger partial charge < -0.3 is 9.84 Å². The topological polar surface area (TPSA) is 66.8 Å². The van der Waals surface area contributed by atoms with Crippen molar-refractivity contribution in [2.75, 3.05) is 13.2 Å². The molecule has 0 unspecified atom stereocenters. The van der Waals surface area contributed by atoms with Crippen LogP contribution in [0, 0.1) is 0 Å². The second kappa shape index (κ2) is 6.33. The molecule has 102 valence electrons. The molecule has 0 saturated carbocycles. The van der Waals surface area contributed by atoms with E-state index in [1.165, 1.54) is 4.90 Å². The predicted molar refractivity (Wildman–Crippen MR) is 68.9 cm³/mol. The minimum Gasteiger partial charge on any atom is -0.465 e. The molecular weight excluding hydrogens is 246 g/mol. The molecule has 0 bridgehead atoms. The molecule has 1 heterocycles. The first-order valence-corrected chi connectivity index (χ1v) is 6.32. The largest absolute Gasteiger partial charge is 0.465 e. The van der Waals surface area contributed by atoms with Crippen LogP contribution in [0.15, 0.2) is 30.3 Å². The Kier molecular flexibility index (Phi) is 4.52. The molecule has 19 heavy (non-hydrogen) atoms. The van der Waals surface area contributed by atoms with Crippen LogP contribution in [0.1, 0.15) is 18.4 Å². The lowest BCUT2D eigenvalue weighted by Crippen LogP contribution is -2.50. The first-order chi connectivity index (χ1) is 9.18. The van der Waals surface area contributed by atoms with Gasteiger partial charge in [-0.1, -0.05) is 30.3 Å². The summed E-state index contributed by atoms with van der Waals surface area (Å²) < 4.78 is 5.48. The van der Waals surface area contributed by atoms with Crippen molar-refractivity contribution in [3.8, 4) is 0 Å². The molecule has 5 heteroatoms. The van der Waals surface area contributed by atoms with Crippen LogP contribution in [0.4, 0.5) is 4.79 Å². The molecule has 1 aromatic carbocycles. The number of ketones is 1. The summed E-state index contributed by atoms with van der Waals surface area (Å²) in [6.07, 6.45) is -0.0231. The number of rotatable bonds is 4. The van der Waals surface area contributed by atoms with Crippen LogP contribution in [-0.4, -0.2) is 41.1 Å². The van der Waals surface area contributed by atoms with Crippen molar-refractivity contribution in [2.24, 2.45) is 0 Å². The van der Waals surface area contributed by atoms with Crippen molar-refractivity contribution >= 4 is 11.9 Å². The Morgan fingerprint density at radius 2 is 2.11 bits per heavy atom. The van der Waals surface area contributed by atoms with Gasteiger partial charge in [-0.2, -0.15) is 0 Å². The van der Waals surface area contributed by atoms with Crippen LogP contribution in [0.25, 0.3) is 0 Å². The molecule has 0 spiro atoms. The Balaban J connectivity index is 1.89. The average molecular weight is 263 g/mol. The smallest absolute Gasteiger partial charge is 0.407 e. The van der Waals surface area contributed by atoms with Crippen molar-refractivity contribution < 1.29 is 19.4 Å². The number of carbonyl (C=O) groups is 2. The zero-order valence-electron chi connectivity index (χ0n) is 10.6. The summed E-state index contributed by atoms with van der Waals surface area (Å²) in [6.45, 7) is 0.915. The first-order valence-electron chi connectivity index (χ1n) is 6.32. The second-order valence-electron chi connectivity index (χ2n) is 4.56. The Bertz CT molecular complexity index is 446. The van der Waals surface area contributed by atoms with Gasteiger partial charge in [0.05, 0.1) is 13.2 Å². The number of ether oxygens (including phenoxy) is 1. The van der Waals surface area contributed by atoms with Gasteiger partial charge in [-0.05, 0) is 12.0 Å². The molecule has 0 aromatic heterocycles. The van der Waals surface area contributed by atoms with Gasteiger partial charge in [0, 0.05) is 13.0 Å². The summed E-state index contributed by atoms with van der Waals surface area (Å²) >= 11 is 0. The van der Waals surface area contributed by atoms with Crippen molar-refractivity contribution in [1.29, 1.82) is 0 Å². The highest BCUT2D eigenvalue weighted by Gasteiger charge is 2.32. The van der Waals surface area contributed by atoms with Crippen molar-refractivity contribution in [3.05, 3.63) is 35.9 Å². The minimum atomic E-state index is -1.05. The fraction of sp³-hybridized carbons (Fsp3) is 0.429. The van der Waals surface area contributed by atoms with E-state index < -0.39 is 12.1 Å². The number of nitrogens with zero attached hydrogens (tertiary/aromatic N) is 1. The average Bonchev–Trinajstić information content (AvgIpc) is 2.41. The van der Waals surface area contributed by atoms with Crippen LogP contribution < -0.4 is 0 Å². The van der Waals surface area contributed by atoms with Crippen LogP contribution >= 0.6 is 0 Å². The Labute approximate surface area is 111 Å². The van der Waals surface area contributed by atoms with E-state index in [1.807, 2.05) is 30.3 Å². The molecular formula is C14H17NO4. The van der Waals surface area contributed by atoms with Crippen LogP contribution in [0.3, 0.4) is 0 Å². The van der Waals surface area contributed by atoms with Gasteiger partial charge in [0.2, 0.25) is 0 Å². The zero-order chi connectivity index (χ0) is 13.7. The number of likely N-dealkylation sites (tertiary alicyclic amines) is 1. The Morgan fingerprint density at radius 3 is 2.79 bits per heavy atom. The number of carbonyl (C=O) groups excluding carboxylic acids is 1. The van der Waals surface area contributed by atoms with Crippen LogP contribution in [0.2, 0.25) is 0 Å². The number of piperidine rings is 1. The first kappa shape index (κ1) is 13.5. The van der Waals surface area contributed by atoms with Crippen LogP contribution in [-0.2, 0) is 16.1 Å².